The number of aromatic nitrogens is 3. The molecule has 22 heavy (non-hydrogen) atoms. The third kappa shape index (κ3) is 5.26. The fourth-order valence-corrected chi connectivity index (χ4v) is 1.79. The molecule has 2 heterocycles. The number of nitrogens with one attached hydrogen (secondary N) is 1. The number of rotatable bonds is 6. The van der Waals surface area contributed by atoms with Gasteiger partial charge in [-0.15, -0.1) is 24.0 Å². The first-order valence-electron chi connectivity index (χ1n) is 6.68. The summed E-state index contributed by atoms with van der Waals surface area (Å²) in [6, 6.07) is 3.92. The highest BCUT2D eigenvalue weighted by Crippen LogP contribution is 2.08. The second-order valence-electron chi connectivity index (χ2n) is 4.49. The lowest BCUT2D eigenvalue weighted by molar-refractivity contribution is 0.204. The number of aliphatic imine (C=N–C) groups is 1. The Morgan fingerprint density at radius 2 is 2.23 bits per heavy atom. The molecule has 0 saturated heterocycles. The normalized spacial score (nSPS) is 11.1. The van der Waals surface area contributed by atoms with E-state index in [-0.39, 0.29) is 24.0 Å². The van der Waals surface area contributed by atoms with E-state index in [9.17, 15) is 0 Å². The molecule has 0 amide bonds. The first-order chi connectivity index (χ1) is 10.2. The highest BCUT2D eigenvalue weighted by Gasteiger charge is 2.01. The molecule has 2 aromatic rings. The van der Waals surface area contributed by atoms with Gasteiger partial charge in [0, 0.05) is 32.2 Å². The lowest BCUT2D eigenvalue weighted by Gasteiger charge is -2.06. The Balaban J connectivity index is 0.00000242. The number of nitrogens with zero attached hydrogens (tertiary/aromatic N) is 4. The molecule has 7 nitrogen and oxygen atoms in total. The topological polar surface area (TPSA) is 90.3 Å². The standard InChI is InChI=1S/C14H20N6O.HI/c1-11-16-5-7-20(11)13-4-3-12(9-18-13)10-19-14(15)17-6-8-21-2;/h3-5,7,9H,6,8,10H2,1-2H3,(H3,15,17,19);1H. The summed E-state index contributed by atoms with van der Waals surface area (Å²) in [7, 11) is 1.64. The summed E-state index contributed by atoms with van der Waals surface area (Å²) < 4.78 is 6.85. The Morgan fingerprint density at radius 1 is 1.41 bits per heavy atom. The van der Waals surface area contributed by atoms with Crippen LogP contribution in [0.2, 0.25) is 0 Å². The van der Waals surface area contributed by atoms with Crippen LogP contribution in [-0.2, 0) is 11.3 Å². The van der Waals surface area contributed by atoms with E-state index in [0.29, 0.717) is 25.7 Å². The molecule has 8 heteroatoms. The van der Waals surface area contributed by atoms with Crippen LogP contribution in [-0.4, -0.2) is 40.8 Å². The van der Waals surface area contributed by atoms with Crippen LogP contribution >= 0.6 is 24.0 Å². The van der Waals surface area contributed by atoms with Crippen LogP contribution < -0.4 is 11.1 Å². The van der Waals surface area contributed by atoms with Gasteiger partial charge in [-0.1, -0.05) is 6.07 Å². The predicted molar refractivity (Wildman–Crippen MR) is 96.7 cm³/mol. The van der Waals surface area contributed by atoms with E-state index in [1.807, 2.05) is 29.8 Å². The minimum absolute atomic E-state index is 0. The maximum atomic E-state index is 5.74. The van der Waals surface area contributed by atoms with Gasteiger partial charge in [-0.05, 0) is 18.6 Å². The number of ether oxygens (including phenoxy) is 1. The van der Waals surface area contributed by atoms with Crippen molar-refractivity contribution in [2.75, 3.05) is 20.3 Å². The molecule has 0 atom stereocenters. The lowest BCUT2D eigenvalue weighted by atomic mass is 10.3. The Morgan fingerprint density at radius 3 is 2.82 bits per heavy atom. The minimum atomic E-state index is 0. The molecular formula is C14H21IN6O. The number of nitrogens with two attached hydrogens (primary N) is 1. The van der Waals surface area contributed by atoms with E-state index < -0.39 is 0 Å². The molecule has 0 aliphatic rings. The molecule has 0 unspecified atom stereocenters. The molecule has 120 valence electrons. The zero-order chi connectivity index (χ0) is 15.1. The second-order valence-corrected chi connectivity index (χ2v) is 4.49. The number of halogens is 1. The summed E-state index contributed by atoms with van der Waals surface area (Å²) in [5.41, 5.74) is 6.73. The first-order valence-corrected chi connectivity index (χ1v) is 6.68. The quantitative estimate of drug-likeness (QED) is 0.320. The number of hydrogen-bond acceptors (Lipinski definition) is 4. The van der Waals surface area contributed by atoms with Crippen LogP contribution in [0.4, 0.5) is 0 Å². The highest BCUT2D eigenvalue weighted by molar-refractivity contribution is 14.0. The first kappa shape index (κ1) is 18.4. The zero-order valence-corrected chi connectivity index (χ0v) is 15.0. The molecule has 0 saturated carbocycles. The molecule has 0 radical (unpaired) electrons. The maximum Gasteiger partial charge on any atom is 0.188 e. The van der Waals surface area contributed by atoms with Crippen molar-refractivity contribution in [2.45, 2.75) is 13.5 Å². The van der Waals surface area contributed by atoms with Gasteiger partial charge in [-0.2, -0.15) is 0 Å². The van der Waals surface area contributed by atoms with Crippen molar-refractivity contribution in [1.82, 2.24) is 19.9 Å². The third-order valence-electron chi connectivity index (χ3n) is 2.93. The lowest BCUT2D eigenvalue weighted by Crippen LogP contribution is -2.34. The van der Waals surface area contributed by atoms with Crippen LogP contribution in [0.15, 0.2) is 35.7 Å². The van der Waals surface area contributed by atoms with Crippen molar-refractivity contribution in [3.8, 4) is 5.82 Å². The fraction of sp³-hybridized carbons (Fsp3) is 0.357. The number of guanidine groups is 1. The van der Waals surface area contributed by atoms with Gasteiger partial charge in [0.05, 0.1) is 13.2 Å². The van der Waals surface area contributed by atoms with E-state index in [4.69, 9.17) is 10.5 Å². The molecule has 0 bridgehead atoms. The van der Waals surface area contributed by atoms with Crippen LogP contribution in [0.1, 0.15) is 11.4 Å². The van der Waals surface area contributed by atoms with Crippen LogP contribution in [0.25, 0.3) is 5.82 Å². The molecule has 0 aliphatic carbocycles. The van der Waals surface area contributed by atoms with Crippen molar-refractivity contribution >= 4 is 29.9 Å². The number of pyridine rings is 1. The van der Waals surface area contributed by atoms with Gasteiger partial charge in [-0.3, -0.25) is 4.57 Å². The summed E-state index contributed by atoms with van der Waals surface area (Å²) >= 11 is 0. The van der Waals surface area contributed by atoms with Crippen LogP contribution in [0.3, 0.4) is 0 Å². The summed E-state index contributed by atoms with van der Waals surface area (Å²) in [4.78, 5) is 12.8. The molecule has 2 rings (SSSR count). The third-order valence-corrected chi connectivity index (χ3v) is 2.93. The summed E-state index contributed by atoms with van der Waals surface area (Å²) in [6.07, 6.45) is 5.43. The van der Waals surface area contributed by atoms with E-state index in [0.717, 1.165) is 17.2 Å². The molecule has 0 spiro atoms. The maximum absolute atomic E-state index is 5.74. The molecule has 3 N–H and O–H groups in total. The highest BCUT2D eigenvalue weighted by atomic mass is 127. The number of methoxy groups -OCH3 is 1. The summed E-state index contributed by atoms with van der Waals surface area (Å²) in [5, 5.41) is 2.96. The molecular weight excluding hydrogens is 395 g/mol. The smallest absolute Gasteiger partial charge is 0.188 e. The Kier molecular flexibility index (Phi) is 7.82. The second kappa shape index (κ2) is 9.36. The van der Waals surface area contributed by atoms with Crippen LogP contribution in [0, 0.1) is 6.92 Å². The fourth-order valence-electron chi connectivity index (χ4n) is 1.79. The Labute approximate surface area is 147 Å². The van der Waals surface area contributed by atoms with Gasteiger partial charge in [0.1, 0.15) is 11.6 Å². The van der Waals surface area contributed by atoms with Gasteiger partial charge in [0.2, 0.25) is 0 Å². The predicted octanol–water partition coefficient (Wildman–Crippen LogP) is 1.24. The van der Waals surface area contributed by atoms with Crippen molar-refractivity contribution in [1.29, 1.82) is 0 Å². The zero-order valence-electron chi connectivity index (χ0n) is 12.7. The minimum Gasteiger partial charge on any atom is -0.383 e. The monoisotopic (exact) mass is 416 g/mol. The van der Waals surface area contributed by atoms with Gasteiger partial charge in [0.15, 0.2) is 5.96 Å². The number of hydrogen-bond donors (Lipinski definition) is 2. The van der Waals surface area contributed by atoms with Gasteiger partial charge < -0.3 is 15.8 Å². The Hall–Kier alpha value is -1.68. The molecule has 0 aromatic carbocycles. The van der Waals surface area contributed by atoms with Crippen molar-refractivity contribution < 1.29 is 4.74 Å². The van der Waals surface area contributed by atoms with Crippen LogP contribution in [0.5, 0.6) is 0 Å². The van der Waals surface area contributed by atoms with Crippen molar-refractivity contribution in [3.05, 3.63) is 42.1 Å². The summed E-state index contributed by atoms with van der Waals surface area (Å²) in [6.45, 7) is 3.66. The average molecular weight is 416 g/mol. The molecule has 0 aliphatic heterocycles. The van der Waals surface area contributed by atoms with E-state index in [2.05, 4.69) is 20.3 Å². The number of aryl methyl sites for hydroxylation is 1. The van der Waals surface area contributed by atoms with Crippen molar-refractivity contribution in [2.24, 2.45) is 10.7 Å². The van der Waals surface area contributed by atoms with E-state index >= 15 is 0 Å². The molecule has 0 fully saturated rings. The summed E-state index contributed by atoms with van der Waals surface area (Å²) in [5.74, 6) is 2.14. The molecule has 2 aromatic heterocycles. The van der Waals surface area contributed by atoms with Crippen molar-refractivity contribution in [3.63, 3.8) is 0 Å². The van der Waals surface area contributed by atoms with E-state index in [1.165, 1.54) is 0 Å². The van der Waals surface area contributed by atoms with Gasteiger partial charge in [-0.25, -0.2) is 15.0 Å². The van der Waals surface area contributed by atoms with E-state index in [1.54, 1.807) is 19.5 Å². The van der Waals surface area contributed by atoms with Gasteiger partial charge in [0.25, 0.3) is 0 Å². The van der Waals surface area contributed by atoms with Gasteiger partial charge >= 0.3 is 0 Å². The average Bonchev–Trinajstić information content (AvgIpc) is 2.92. The largest absolute Gasteiger partial charge is 0.383 e. The number of imidazole rings is 1. The SMILES string of the molecule is COCCNC(N)=NCc1ccc(-n2ccnc2C)nc1.I. The Bertz CT molecular complexity index is 596.